The third-order valence-corrected chi connectivity index (χ3v) is 5.36. The van der Waals surface area contributed by atoms with Crippen LogP contribution in [0, 0.1) is 11.3 Å². The van der Waals surface area contributed by atoms with E-state index in [0.29, 0.717) is 15.1 Å². The Hall–Kier alpha value is -1.39. The van der Waals surface area contributed by atoms with Crippen LogP contribution in [0.15, 0.2) is 51.8 Å². The largest absolute Gasteiger partial charge is 0.240 e. The topological polar surface area (TPSA) is 70.0 Å². The van der Waals surface area contributed by atoms with Gasteiger partial charge in [0.15, 0.2) is 0 Å². The van der Waals surface area contributed by atoms with Gasteiger partial charge in [-0.3, -0.25) is 0 Å². The van der Waals surface area contributed by atoms with E-state index in [9.17, 15) is 8.42 Å². The summed E-state index contributed by atoms with van der Waals surface area (Å²) in [5.41, 5.74) is 1.30. The van der Waals surface area contributed by atoms with Gasteiger partial charge in [0.25, 0.3) is 0 Å². The Morgan fingerprint density at radius 2 is 1.86 bits per heavy atom. The quantitative estimate of drug-likeness (QED) is 0.876. The molecule has 0 amide bonds. The lowest BCUT2D eigenvalue weighted by molar-refractivity contribution is 0.581. The number of nitriles is 1. The highest BCUT2D eigenvalue weighted by molar-refractivity contribution is 9.10. The van der Waals surface area contributed by atoms with E-state index in [0.717, 1.165) is 5.56 Å². The molecule has 0 unspecified atom stereocenters. The van der Waals surface area contributed by atoms with E-state index in [2.05, 4.69) is 20.7 Å². The van der Waals surface area contributed by atoms with Crippen LogP contribution in [0.1, 0.15) is 11.1 Å². The van der Waals surface area contributed by atoms with Crippen LogP contribution in [0.3, 0.4) is 0 Å². The summed E-state index contributed by atoms with van der Waals surface area (Å²) < 4.78 is 27.3. The summed E-state index contributed by atoms with van der Waals surface area (Å²) in [6.45, 7) is 0.147. The Labute approximate surface area is 136 Å². The highest BCUT2D eigenvalue weighted by Crippen LogP contribution is 2.25. The van der Waals surface area contributed by atoms with Gasteiger partial charge in [0.2, 0.25) is 10.0 Å². The Bertz CT molecular complexity index is 799. The molecule has 0 fully saturated rings. The maximum absolute atomic E-state index is 12.2. The summed E-state index contributed by atoms with van der Waals surface area (Å²) in [7, 11) is -3.62. The van der Waals surface area contributed by atoms with Gasteiger partial charge in [-0.05, 0) is 51.8 Å². The molecule has 0 aromatic heterocycles. The van der Waals surface area contributed by atoms with Crippen LogP contribution >= 0.6 is 27.5 Å². The van der Waals surface area contributed by atoms with Crippen molar-refractivity contribution in [1.82, 2.24) is 4.72 Å². The van der Waals surface area contributed by atoms with Crippen molar-refractivity contribution >= 4 is 37.6 Å². The van der Waals surface area contributed by atoms with Gasteiger partial charge in [-0.1, -0.05) is 23.7 Å². The van der Waals surface area contributed by atoms with E-state index in [4.69, 9.17) is 16.9 Å². The molecule has 0 atom stereocenters. The van der Waals surface area contributed by atoms with Crippen molar-refractivity contribution in [2.24, 2.45) is 0 Å². The number of hydrogen-bond donors (Lipinski definition) is 1. The number of benzene rings is 2. The molecule has 4 nitrogen and oxygen atoms in total. The molecule has 0 bridgehead atoms. The van der Waals surface area contributed by atoms with Crippen LogP contribution in [0.25, 0.3) is 0 Å². The average molecular weight is 386 g/mol. The average Bonchev–Trinajstić information content (AvgIpc) is 2.48. The van der Waals surface area contributed by atoms with Crippen molar-refractivity contribution in [1.29, 1.82) is 5.26 Å². The van der Waals surface area contributed by atoms with E-state index in [1.54, 1.807) is 24.3 Å². The minimum Gasteiger partial charge on any atom is -0.207 e. The second kappa shape index (κ2) is 6.58. The predicted octanol–water partition coefficient (Wildman–Crippen LogP) is 3.45. The lowest BCUT2D eigenvalue weighted by Crippen LogP contribution is -2.23. The fourth-order valence-electron chi connectivity index (χ4n) is 1.60. The molecule has 0 aliphatic carbocycles. The maximum atomic E-state index is 12.2. The maximum Gasteiger partial charge on any atom is 0.240 e. The van der Waals surface area contributed by atoms with Gasteiger partial charge < -0.3 is 0 Å². The van der Waals surface area contributed by atoms with E-state index in [1.165, 1.54) is 18.2 Å². The summed E-state index contributed by atoms with van der Waals surface area (Å²) >= 11 is 9.04. The minimum absolute atomic E-state index is 0.132. The summed E-state index contributed by atoms with van der Waals surface area (Å²) in [4.78, 5) is 0.132. The van der Waals surface area contributed by atoms with Gasteiger partial charge in [-0.2, -0.15) is 5.26 Å². The molecule has 0 radical (unpaired) electrons. The van der Waals surface area contributed by atoms with Gasteiger partial charge in [-0.15, -0.1) is 0 Å². The molecule has 0 aliphatic heterocycles. The van der Waals surface area contributed by atoms with E-state index < -0.39 is 10.0 Å². The minimum atomic E-state index is -3.62. The molecule has 0 saturated heterocycles. The first-order valence-corrected chi connectivity index (χ1v) is 8.51. The number of hydrogen-bond acceptors (Lipinski definition) is 3. The van der Waals surface area contributed by atoms with Gasteiger partial charge in [0.1, 0.15) is 0 Å². The molecule has 0 spiro atoms. The fourth-order valence-corrected chi connectivity index (χ4v) is 3.29. The normalized spacial score (nSPS) is 11.1. The van der Waals surface area contributed by atoms with Gasteiger partial charge in [-0.25, -0.2) is 13.1 Å². The summed E-state index contributed by atoms with van der Waals surface area (Å²) in [5, 5.41) is 9.15. The van der Waals surface area contributed by atoms with Crippen molar-refractivity contribution in [2.45, 2.75) is 11.4 Å². The molecule has 1 N–H and O–H groups in total. The molecule has 7 heteroatoms. The summed E-state index contributed by atoms with van der Waals surface area (Å²) in [5.74, 6) is 0. The van der Waals surface area contributed by atoms with Crippen LogP contribution in [-0.4, -0.2) is 8.42 Å². The Morgan fingerprint density at radius 1 is 1.19 bits per heavy atom. The van der Waals surface area contributed by atoms with Crippen molar-refractivity contribution < 1.29 is 8.42 Å². The zero-order valence-corrected chi connectivity index (χ0v) is 13.8. The van der Waals surface area contributed by atoms with Crippen molar-refractivity contribution in [3.63, 3.8) is 0 Å². The molecule has 21 heavy (non-hydrogen) atoms. The van der Waals surface area contributed by atoms with Crippen molar-refractivity contribution in [3.05, 3.63) is 63.1 Å². The zero-order chi connectivity index (χ0) is 15.5. The molecular formula is C14H10BrClN2O2S. The smallest absolute Gasteiger partial charge is 0.207 e. The first-order chi connectivity index (χ1) is 9.92. The van der Waals surface area contributed by atoms with Gasteiger partial charge in [0.05, 0.1) is 21.6 Å². The molecule has 2 aromatic carbocycles. The highest BCUT2D eigenvalue weighted by Gasteiger charge is 2.15. The monoisotopic (exact) mass is 384 g/mol. The zero-order valence-electron chi connectivity index (χ0n) is 10.7. The third kappa shape index (κ3) is 4.05. The SMILES string of the molecule is N#Cc1ccc(CNS(=O)(=O)c2ccc(Cl)c(Br)c2)cc1. The lowest BCUT2D eigenvalue weighted by Gasteiger charge is -2.08. The molecule has 0 heterocycles. The Kier molecular flexibility index (Phi) is 5.01. The molecule has 108 valence electrons. The number of nitrogens with one attached hydrogen (secondary N) is 1. The molecule has 2 rings (SSSR count). The number of nitrogens with zero attached hydrogens (tertiary/aromatic N) is 1. The Morgan fingerprint density at radius 3 is 2.43 bits per heavy atom. The van der Waals surface area contributed by atoms with Crippen LogP contribution in [0.4, 0.5) is 0 Å². The van der Waals surface area contributed by atoms with Crippen molar-refractivity contribution in [2.75, 3.05) is 0 Å². The van der Waals surface area contributed by atoms with E-state index in [1.807, 2.05) is 6.07 Å². The number of rotatable bonds is 4. The summed E-state index contributed by atoms with van der Waals surface area (Å²) in [6, 6.07) is 13.1. The Balaban J connectivity index is 2.13. The van der Waals surface area contributed by atoms with Crippen LogP contribution < -0.4 is 4.72 Å². The number of halogens is 2. The van der Waals surface area contributed by atoms with E-state index in [-0.39, 0.29) is 11.4 Å². The molecule has 0 aliphatic rings. The van der Waals surface area contributed by atoms with Gasteiger partial charge in [0, 0.05) is 11.0 Å². The van der Waals surface area contributed by atoms with Gasteiger partial charge >= 0.3 is 0 Å². The van der Waals surface area contributed by atoms with E-state index >= 15 is 0 Å². The van der Waals surface area contributed by atoms with Crippen LogP contribution in [-0.2, 0) is 16.6 Å². The molecule has 2 aromatic rings. The lowest BCUT2D eigenvalue weighted by atomic mass is 10.1. The second-order valence-corrected chi connectivity index (χ2v) is 7.24. The molecule has 0 saturated carbocycles. The second-order valence-electron chi connectivity index (χ2n) is 4.21. The first kappa shape index (κ1) is 16.0. The summed E-state index contributed by atoms with van der Waals surface area (Å²) in [6.07, 6.45) is 0. The third-order valence-electron chi connectivity index (χ3n) is 2.75. The highest BCUT2D eigenvalue weighted by atomic mass is 79.9. The predicted molar refractivity (Wildman–Crippen MR) is 84.3 cm³/mol. The fraction of sp³-hybridized carbons (Fsp3) is 0.0714. The molecular weight excluding hydrogens is 376 g/mol. The number of sulfonamides is 1. The van der Waals surface area contributed by atoms with Crippen LogP contribution in [0.5, 0.6) is 0 Å². The van der Waals surface area contributed by atoms with Crippen molar-refractivity contribution in [3.8, 4) is 6.07 Å². The van der Waals surface area contributed by atoms with Crippen LogP contribution in [0.2, 0.25) is 5.02 Å². The first-order valence-electron chi connectivity index (χ1n) is 5.86. The standard InChI is InChI=1S/C14H10BrClN2O2S/c15-13-7-12(5-6-14(13)16)21(19,20)18-9-11-3-1-10(8-17)2-4-11/h1-7,18H,9H2.